The predicted octanol–water partition coefficient (Wildman–Crippen LogP) is 1.31. The van der Waals surface area contributed by atoms with Gasteiger partial charge in [-0.05, 0) is 12.1 Å². The van der Waals surface area contributed by atoms with Crippen LogP contribution in [-0.4, -0.2) is 21.8 Å². The van der Waals surface area contributed by atoms with E-state index in [-0.39, 0.29) is 11.8 Å². The highest BCUT2D eigenvalue weighted by Crippen LogP contribution is 2.17. The fourth-order valence-corrected chi connectivity index (χ4v) is 1.33. The fraction of sp³-hybridized carbons (Fsp3) is 0.100. The van der Waals surface area contributed by atoms with Gasteiger partial charge in [-0.15, -0.1) is 11.6 Å². The molecule has 0 aliphatic heterocycles. The number of hydrazine groups is 1. The zero-order chi connectivity index (χ0) is 11.4. The number of halogens is 1. The van der Waals surface area contributed by atoms with Crippen molar-refractivity contribution in [3.8, 4) is 0 Å². The van der Waals surface area contributed by atoms with Gasteiger partial charge in [-0.2, -0.15) is 0 Å². The number of para-hydroxylation sites is 1. The van der Waals surface area contributed by atoms with E-state index in [9.17, 15) is 4.79 Å². The summed E-state index contributed by atoms with van der Waals surface area (Å²) in [5.74, 6) is 0.129. The third kappa shape index (κ3) is 2.20. The summed E-state index contributed by atoms with van der Waals surface area (Å²) < 4.78 is 0. The van der Waals surface area contributed by atoms with E-state index in [0.717, 1.165) is 10.9 Å². The molecule has 0 unspecified atom stereocenters. The standard InChI is InChI=1S/C10H9ClN4O/c11-5-9(16)14-15-10-7-3-1-2-4-8(7)12-6-13-10/h1-4,6H,5H2,(H,14,16)(H,12,13,15). The first-order valence-electron chi connectivity index (χ1n) is 4.62. The van der Waals surface area contributed by atoms with Crippen LogP contribution in [0.5, 0.6) is 0 Å². The Hall–Kier alpha value is -1.88. The average Bonchev–Trinajstić information content (AvgIpc) is 2.35. The molecule has 0 saturated heterocycles. The molecular formula is C10H9ClN4O. The summed E-state index contributed by atoms with van der Waals surface area (Å²) in [6.45, 7) is 0. The molecule has 0 bridgehead atoms. The van der Waals surface area contributed by atoms with E-state index < -0.39 is 0 Å². The first-order valence-corrected chi connectivity index (χ1v) is 5.15. The van der Waals surface area contributed by atoms with Crippen LogP contribution in [0.3, 0.4) is 0 Å². The number of nitrogens with one attached hydrogen (secondary N) is 2. The van der Waals surface area contributed by atoms with Gasteiger partial charge in [0.15, 0.2) is 5.82 Å². The van der Waals surface area contributed by atoms with Crippen LogP contribution in [0.2, 0.25) is 0 Å². The average molecular weight is 237 g/mol. The number of carbonyl (C=O) groups is 1. The molecule has 5 nitrogen and oxygen atoms in total. The molecule has 2 aromatic rings. The van der Waals surface area contributed by atoms with E-state index in [1.54, 1.807) is 0 Å². The molecule has 0 fully saturated rings. The molecule has 1 heterocycles. The monoisotopic (exact) mass is 236 g/mol. The molecule has 82 valence electrons. The Balaban J connectivity index is 2.27. The zero-order valence-corrected chi connectivity index (χ0v) is 9.03. The molecule has 0 aliphatic rings. The maximum Gasteiger partial charge on any atom is 0.253 e. The van der Waals surface area contributed by atoms with Crippen LogP contribution in [0.1, 0.15) is 0 Å². The van der Waals surface area contributed by atoms with Gasteiger partial charge in [0.05, 0.1) is 5.52 Å². The number of benzene rings is 1. The Morgan fingerprint density at radius 1 is 1.31 bits per heavy atom. The third-order valence-corrected chi connectivity index (χ3v) is 2.23. The summed E-state index contributed by atoms with van der Waals surface area (Å²) >= 11 is 5.35. The highest BCUT2D eigenvalue weighted by Gasteiger charge is 2.03. The number of rotatable bonds is 3. The van der Waals surface area contributed by atoms with Crippen molar-refractivity contribution in [1.29, 1.82) is 0 Å². The minimum absolute atomic E-state index is 0.101. The molecule has 1 amide bonds. The molecule has 0 radical (unpaired) electrons. The van der Waals surface area contributed by atoms with Crippen molar-refractivity contribution in [2.75, 3.05) is 11.3 Å². The molecule has 16 heavy (non-hydrogen) atoms. The van der Waals surface area contributed by atoms with E-state index in [4.69, 9.17) is 11.6 Å². The number of nitrogens with zero attached hydrogens (tertiary/aromatic N) is 2. The van der Waals surface area contributed by atoms with Crippen molar-refractivity contribution in [1.82, 2.24) is 15.4 Å². The molecule has 0 atom stereocenters. The van der Waals surface area contributed by atoms with Crippen LogP contribution in [0.15, 0.2) is 30.6 Å². The first kappa shape index (κ1) is 10.6. The van der Waals surface area contributed by atoms with E-state index in [1.165, 1.54) is 6.33 Å². The lowest BCUT2D eigenvalue weighted by molar-refractivity contribution is -0.118. The van der Waals surface area contributed by atoms with Crippen LogP contribution in [0, 0.1) is 0 Å². The lowest BCUT2D eigenvalue weighted by Gasteiger charge is -2.08. The van der Waals surface area contributed by atoms with Crippen molar-refractivity contribution >= 4 is 34.2 Å². The van der Waals surface area contributed by atoms with Gasteiger partial charge in [-0.3, -0.25) is 15.6 Å². The Kier molecular flexibility index (Phi) is 3.16. The van der Waals surface area contributed by atoms with Crippen molar-refractivity contribution in [2.24, 2.45) is 0 Å². The first-order chi connectivity index (χ1) is 7.81. The van der Waals surface area contributed by atoms with Crippen LogP contribution >= 0.6 is 11.6 Å². The van der Waals surface area contributed by atoms with Gasteiger partial charge in [0.2, 0.25) is 0 Å². The molecule has 2 rings (SSSR count). The Morgan fingerprint density at radius 3 is 2.94 bits per heavy atom. The van der Waals surface area contributed by atoms with E-state index >= 15 is 0 Å². The van der Waals surface area contributed by atoms with Gasteiger partial charge >= 0.3 is 0 Å². The largest absolute Gasteiger partial charge is 0.281 e. The lowest BCUT2D eigenvalue weighted by Crippen LogP contribution is -2.30. The van der Waals surface area contributed by atoms with Gasteiger partial charge in [-0.1, -0.05) is 12.1 Å². The smallest absolute Gasteiger partial charge is 0.253 e. The maximum atomic E-state index is 11.0. The van der Waals surface area contributed by atoms with Gasteiger partial charge in [-0.25, -0.2) is 9.97 Å². The van der Waals surface area contributed by atoms with Gasteiger partial charge < -0.3 is 0 Å². The number of anilines is 1. The Morgan fingerprint density at radius 2 is 2.12 bits per heavy atom. The number of aromatic nitrogens is 2. The predicted molar refractivity (Wildman–Crippen MR) is 62.0 cm³/mol. The molecule has 0 spiro atoms. The Labute approximate surface area is 96.8 Å². The van der Waals surface area contributed by atoms with Crippen LogP contribution in [0.4, 0.5) is 5.82 Å². The van der Waals surface area contributed by atoms with Crippen molar-refractivity contribution in [2.45, 2.75) is 0 Å². The molecular weight excluding hydrogens is 228 g/mol. The summed E-state index contributed by atoms with van der Waals surface area (Å²) in [5, 5.41) is 0.833. The number of amides is 1. The highest BCUT2D eigenvalue weighted by atomic mass is 35.5. The van der Waals surface area contributed by atoms with E-state index in [2.05, 4.69) is 20.8 Å². The summed E-state index contributed by atoms with van der Waals surface area (Å²) in [5.41, 5.74) is 5.94. The second kappa shape index (κ2) is 4.76. The fourth-order valence-electron chi connectivity index (χ4n) is 1.27. The second-order valence-electron chi connectivity index (χ2n) is 3.05. The molecule has 0 aliphatic carbocycles. The quantitative estimate of drug-likeness (QED) is 0.623. The lowest BCUT2D eigenvalue weighted by atomic mass is 10.2. The SMILES string of the molecule is O=C(CCl)NNc1ncnc2ccccc12. The normalized spacial score (nSPS) is 10.1. The zero-order valence-electron chi connectivity index (χ0n) is 8.27. The van der Waals surface area contributed by atoms with E-state index in [0.29, 0.717) is 5.82 Å². The third-order valence-electron chi connectivity index (χ3n) is 1.98. The minimum Gasteiger partial charge on any atom is -0.281 e. The van der Waals surface area contributed by atoms with Gasteiger partial charge in [0, 0.05) is 5.39 Å². The molecule has 1 aromatic heterocycles. The maximum absolute atomic E-state index is 11.0. The summed E-state index contributed by atoms with van der Waals surface area (Å²) in [6.07, 6.45) is 1.43. The van der Waals surface area contributed by atoms with Crippen molar-refractivity contribution in [3.05, 3.63) is 30.6 Å². The van der Waals surface area contributed by atoms with Gasteiger partial charge in [0.1, 0.15) is 12.2 Å². The number of hydrogen-bond donors (Lipinski definition) is 2. The minimum atomic E-state index is -0.315. The Bertz CT molecular complexity index is 512. The molecule has 1 aromatic carbocycles. The van der Waals surface area contributed by atoms with Crippen molar-refractivity contribution in [3.63, 3.8) is 0 Å². The van der Waals surface area contributed by atoms with Crippen LogP contribution in [0.25, 0.3) is 10.9 Å². The van der Waals surface area contributed by atoms with Gasteiger partial charge in [0.25, 0.3) is 5.91 Å². The van der Waals surface area contributed by atoms with E-state index in [1.807, 2.05) is 24.3 Å². The van der Waals surface area contributed by atoms with Crippen LogP contribution < -0.4 is 10.9 Å². The number of hydrogen-bond acceptors (Lipinski definition) is 4. The molecule has 2 N–H and O–H groups in total. The number of alkyl halides is 1. The summed E-state index contributed by atoms with van der Waals surface area (Å²) in [6, 6.07) is 7.49. The summed E-state index contributed by atoms with van der Waals surface area (Å²) in [4.78, 5) is 19.1. The molecule has 0 saturated carbocycles. The topological polar surface area (TPSA) is 66.9 Å². The van der Waals surface area contributed by atoms with Crippen molar-refractivity contribution < 1.29 is 4.79 Å². The highest BCUT2D eigenvalue weighted by molar-refractivity contribution is 6.27. The number of fused-ring (bicyclic) bond motifs is 1. The number of carbonyl (C=O) groups excluding carboxylic acids is 1. The van der Waals surface area contributed by atoms with Crippen LogP contribution in [-0.2, 0) is 4.79 Å². The molecule has 6 heteroatoms. The second-order valence-corrected chi connectivity index (χ2v) is 3.31. The summed E-state index contributed by atoms with van der Waals surface area (Å²) in [7, 11) is 0.